The summed E-state index contributed by atoms with van der Waals surface area (Å²) in [6, 6.07) is 0. The molecule has 0 aliphatic rings. The van der Waals surface area contributed by atoms with Crippen molar-refractivity contribution in [2.75, 3.05) is 26.9 Å². The number of hydrogen-bond acceptors (Lipinski definition) is 5. The fourth-order valence-corrected chi connectivity index (χ4v) is 1.30. The molecule has 0 aliphatic heterocycles. The Morgan fingerprint density at radius 3 is 2.94 bits per heavy atom. The Labute approximate surface area is 102 Å². The van der Waals surface area contributed by atoms with Gasteiger partial charge >= 0.3 is 0 Å². The van der Waals surface area contributed by atoms with Gasteiger partial charge < -0.3 is 14.8 Å². The SMILES string of the molecule is COCCNCc1cn(CCOC(C)C)nn1. The zero-order chi connectivity index (χ0) is 12.5. The van der Waals surface area contributed by atoms with Gasteiger partial charge in [-0.2, -0.15) is 0 Å². The van der Waals surface area contributed by atoms with E-state index in [9.17, 15) is 0 Å². The second-order valence-electron chi connectivity index (χ2n) is 4.06. The van der Waals surface area contributed by atoms with Gasteiger partial charge in [-0.3, -0.25) is 0 Å². The van der Waals surface area contributed by atoms with Crippen molar-refractivity contribution in [2.45, 2.75) is 33.0 Å². The molecule has 0 unspecified atom stereocenters. The average Bonchev–Trinajstić information content (AvgIpc) is 2.72. The van der Waals surface area contributed by atoms with Gasteiger partial charge in [-0.05, 0) is 13.8 Å². The van der Waals surface area contributed by atoms with Crippen molar-refractivity contribution in [3.8, 4) is 0 Å². The lowest BCUT2D eigenvalue weighted by atomic mass is 10.4. The van der Waals surface area contributed by atoms with E-state index < -0.39 is 0 Å². The number of hydrogen-bond donors (Lipinski definition) is 1. The summed E-state index contributed by atoms with van der Waals surface area (Å²) in [4.78, 5) is 0. The first-order chi connectivity index (χ1) is 8.22. The van der Waals surface area contributed by atoms with Crippen molar-refractivity contribution in [3.05, 3.63) is 11.9 Å². The standard InChI is InChI=1S/C11H22N4O2/c1-10(2)17-7-5-15-9-11(13-14-15)8-12-4-6-16-3/h9-10,12H,4-8H2,1-3H3. The normalized spacial score (nSPS) is 11.3. The van der Waals surface area contributed by atoms with E-state index in [1.54, 1.807) is 11.8 Å². The van der Waals surface area contributed by atoms with E-state index in [1.807, 2.05) is 20.0 Å². The van der Waals surface area contributed by atoms with Gasteiger partial charge in [0.25, 0.3) is 0 Å². The van der Waals surface area contributed by atoms with Gasteiger partial charge in [0.05, 0.1) is 31.6 Å². The number of rotatable bonds is 9. The Morgan fingerprint density at radius 1 is 1.41 bits per heavy atom. The monoisotopic (exact) mass is 242 g/mol. The molecule has 1 heterocycles. The Hall–Kier alpha value is -0.980. The summed E-state index contributed by atoms with van der Waals surface area (Å²) < 4.78 is 12.2. The topological polar surface area (TPSA) is 61.2 Å². The quantitative estimate of drug-likeness (QED) is 0.637. The van der Waals surface area contributed by atoms with Crippen LogP contribution in [0.3, 0.4) is 0 Å². The minimum atomic E-state index is 0.258. The molecule has 98 valence electrons. The van der Waals surface area contributed by atoms with Crippen LogP contribution in [-0.2, 0) is 22.6 Å². The molecule has 0 atom stereocenters. The number of ether oxygens (including phenoxy) is 2. The van der Waals surface area contributed by atoms with Crippen LogP contribution >= 0.6 is 0 Å². The van der Waals surface area contributed by atoms with Gasteiger partial charge in [0.15, 0.2) is 0 Å². The number of aromatic nitrogens is 3. The third-order valence-electron chi connectivity index (χ3n) is 2.15. The Balaban J connectivity index is 2.18. The van der Waals surface area contributed by atoms with Gasteiger partial charge in [-0.15, -0.1) is 5.10 Å². The molecular formula is C11H22N4O2. The molecule has 0 bridgehead atoms. The first-order valence-corrected chi connectivity index (χ1v) is 5.92. The van der Waals surface area contributed by atoms with Crippen LogP contribution in [0.4, 0.5) is 0 Å². The smallest absolute Gasteiger partial charge is 0.0964 e. The molecule has 0 saturated heterocycles. The molecule has 0 amide bonds. The lowest BCUT2D eigenvalue weighted by Gasteiger charge is -2.06. The molecule has 0 aliphatic carbocycles. The molecule has 1 rings (SSSR count). The molecule has 1 aromatic heterocycles. The fraction of sp³-hybridized carbons (Fsp3) is 0.818. The highest BCUT2D eigenvalue weighted by atomic mass is 16.5. The van der Waals surface area contributed by atoms with Gasteiger partial charge in [-0.1, -0.05) is 5.21 Å². The van der Waals surface area contributed by atoms with E-state index in [0.717, 1.165) is 18.8 Å². The highest BCUT2D eigenvalue weighted by molar-refractivity contribution is 4.91. The molecule has 6 nitrogen and oxygen atoms in total. The van der Waals surface area contributed by atoms with E-state index in [0.29, 0.717) is 19.8 Å². The maximum atomic E-state index is 5.45. The third kappa shape index (κ3) is 6.35. The van der Waals surface area contributed by atoms with E-state index in [4.69, 9.17) is 9.47 Å². The summed E-state index contributed by atoms with van der Waals surface area (Å²) in [6.07, 6.45) is 2.19. The summed E-state index contributed by atoms with van der Waals surface area (Å²) >= 11 is 0. The minimum absolute atomic E-state index is 0.258. The van der Waals surface area contributed by atoms with Crippen molar-refractivity contribution >= 4 is 0 Å². The summed E-state index contributed by atoms with van der Waals surface area (Å²) in [5.41, 5.74) is 0.936. The molecule has 0 fully saturated rings. The van der Waals surface area contributed by atoms with Crippen molar-refractivity contribution in [3.63, 3.8) is 0 Å². The predicted molar refractivity (Wildman–Crippen MR) is 64.7 cm³/mol. The molecule has 6 heteroatoms. The molecule has 0 spiro atoms. The first kappa shape index (κ1) is 14.1. The van der Waals surface area contributed by atoms with Crippen LogP contribution in [0.1, 0.15) is 19.5 Å². The first-order valence-electron chi connectivity index (χ1n) is 5.92. The molecule has 1 N–H and O–H groups in total. The molecule has 0 saturated carbocycles. The number of nitrogens with one attached hydrogen (secondary N) is 1. The Bertz CT molecular complexity index is 301. The zero-order valence-corrected chi connectivity index (χ0v) is 10.8. The van der Waals surface area contributed by atoms with Gasteiger partial charge in [0, 0.05) is 26.4 Å². The fourth-order valence-electron chi connectivity index (χ4n) is 1.30. The van der Waals surface area contributed by atoms with Crippen LogP contribution in [0.15, 0.2) is 6.20 Å². The maximum Gasteiger partial charge on any atom is 0.0964 e. The lowest BCUT2D eigenvalue weighted by molar-refractivity contribution is 0.0707. The van der Waals surface area contributed by atoms with E-state index in [-0.39, 0.29) is 6.10 Å². The van der Waals surface area contributed by atoms with Crippen molar-refractivity contribution < 1.29 is 9.47 Å². The van der Waals surface area contributed by atoms with Crippen LogP contribution in [0.5, 0.6) is 0 Å². The van der Waals surface area contributed by atoms with E-state index in [2.05, 4.69) is 15.6 Å². The summed E-state index contributed by atoms with van der Waals surface area (Å²) in [5.74, 6) is 0. The third-order valence-corrected chi connectivity index (χ3v) is 2.15. The number of methoxy groups -OCH3 is 1. The van der Waals surface area contributed by atoms with Crippen molar-refractivity contribution in [1.29, 1.82) is 0 Å². The van der Waals surface area contributed by atoms with E-state index in [1.165, 1.54) is 0 Å². The Kier molecular flexibility index (Phi) is 6.76. The lowest BCUT2D eigenvalue weighted by Crippen LogP contribution is -2.18. The predicted octanol–water partition coefficient (Wildman–Crippen LogP) is 0.439. The maximum absolute atomic E-state index is 5.45. The molecule has 0 radical (unpaired) electrons. The van der Waals surface area contributed by atoms with Crippen molar-refractivity contribution in [1.82, 2.24) is 20.3 Å². The van der Waals surface area contributed by atoms with Crippen LogP contribution in [-0.4, -0.2) is 48.0 Å². The molecule has 17 heavy (non-hydrogen) atoms. The second kappa shape index (κ2) is 8.16. The molecule has 1 aromatic rings. The summed E-state index contributed by atoms with van der Waals surface area (Å²) in [7, 11) is 1.69. The van der Waals surface area contributed by atoms with Crippen molar-refractivity contribution in [2.24, 2.45) is 0 Å². The second-order valence-corrected chi connectivity index (χ2v) is 4.06. The highest BCUT2D eigenvalue weighted by Gasteiger charge is 2.00. The van der Waals surface area contributed by atoms with Crippen LogP contribution in [0, 0.1) is 0 Å². The Morgan fingerprint density at radius 2 is 2.24 bits per heavy atom. The zero-order valence-electron chi connectivity index (χ0n) is 10.8. The largest absolute Gasteiger partial charge is 0.383 e. The van der Waals surface area contributed by atoms with Gasteiger partial charge in [-0.25, -0.2) is 4.68 Å². The average molecular weight is 242 g/mol. The molecular weight excluding hydrogens is 220 g/mol. The van der Waals surface area contributed by atoms with Gasteiger partial charge in [0.1, 0.15) is 0 Å². The molecule has 0 aromatic carbocycles. The minimum Gasteiger partial charge on any atom is -0.383 e. The van der Waals surface area contributed by atoms with Crippen LogP contribution in [0.2, 0.25) is 0 Å². The van der Waals surface area contributed by atoms with Crippen LogP contribution < -0.4 is 5.32 Å². The number of nitrogens with zero attached hydrogens (tertiary/aromatic N) is 3. The highest BCUT2D eigenvalue weighted by Crippen LogP contribution is 1.94. The summed E-state index contributed by atoms with van der Waals surface area (Å²) in [5, 5.41) is 11.3. The van der Waals surface area contributed by atoms with E-state index >= 15 is 0 Å². The van der Waals surface area contributed by atoms with Gasteiger partial charge in [0.2, 0.25) is 0 Å². The van der Waals surface area contributed by atoms with Crippen LogP contribution in [0.25, 0.3) is 0 Å². The summed E-state index contributed by atoms with van der Waals surface area (Å²) in [6.45, 7) is 7.68.